The SMILES string of the molecule is COc1cccc([C@@H](NC(=O)/C=C/c2c(F)cccc2Cl)c2nccn2C)c1. The standard InChI is InChI=1S/C21H19ClFN3O2/c1-26-12-11-24-21(26)20(14-5-3-6-15(13-14)28-2)25-19(27)10-9-16-17(22)7-4-8-18(16)23/h3-13,20H,1-2H3,(H,25,27)/b10-9+/t20-/m1/s1. The van der Waals surface area contributed by atoms with E-state index in [1.165, 1.54) is 24.3 Å². The van der Waals surface area contributed by atoms with Gasteiger partial charge in [0.25, 0.3) is 0 Å². The van der Waals surface area contributed by atoms with Crippen molar-refractivity contribution in [3.63, 3.8) is 0 Å². The van der Waals surface area contributed by atoms with Crippen molar-refractivity contribution in [2.24, 2.45) is 7.05 Å². The second kappa shape index (κ2) is 8.71. The number of hydrogen-bond donors (Lipinski definition) is 1. The highest BCUT2D eigenvalue weighted by atomic mass is 35.5. The van der Waals surface area contributed by atoms with Gasteiger partial charge in [0.15, 0.2) is 0 Å². The zero-order chi connectivity index (χ0) is 20.1. The molecule has 0 bridgehead atoms. The predicted octanol–water partition coefficient (Wildman–Crippen LogP) is 4.14. The van der Waals surface area contributed by atoms with Crippen molar-refractivity contribution >= 4 is 23.6 Å². The highest BCUT2D eigenvalue weighted by molar-refractivity contribution is 6.32. The Balaban J connectivity index is 1.88. The van der Waals surface area contributed by atoms with Crippen LogP contribution in [0.3, 0.4) is 0 Å². The van der Waals surface area contributed by atoms with Gasteiger partial charge in [-0.15, -0.1) is 0 Å². The van der Waals surface area contributed by atoms with E-state index in [4.69, 9.17) is 16.3 Å². The average Bonchev–Trinajstić information content (AvgIpc) is 3.11. The van der Waals surface area contributed by atoms with Crippen LogP contribution in [0.15, 0.2) is 60.9 Å². The summed E-state index contributed by atoms with van der Waals surface area (Å²) in [6, 6.07) is 11.2. The third-order valence-electron chi connectivity index (χ3n) is 4.23. The van der Waals surface area contributed by atoms with E-state index in [-0.39, 0.29) is 10.6 Å². The van der Waals surface area contributed by atoms with Crippen molar-refractivity contribution in [3.8, 4) is 5.75 Å². The molecule has 3 aromatic rings. The Morgan fingerprint density at radius 3 is 2.79 bits per heavy atom. The molecule has 0 radical (unpaired) electrons. The zero-order valence-electron chi connectivity index (χ0n) is 15.4. The number of ether oxygens (including phenoxy) is 1. The molecule has 1 N–H and O–H groups in total. The fourth-order valence-electron chi connectivity index (χ4n) is 2.79. The molecule has 0 spiro atoms. The minimum atomic E-state index is -0.511. The van der Waals surface area contributed by atoms with Crippen LogP contribution in [0.25, 0.3) is 6.08 Å². The van der Waals surface area contributed by atoms with Crippen LogP contribution < -0.4 is 10.1 Å². The maximum atomic E-state index is 13.9. The minimum Gasteiger partial charge on any atom is -0.497 e. The van der Waals surface area contributed by atoms with Gasteiger partial charge in [-0.1, -0.05) is 29.8 Å². The van der Waals surface area contributed by atoms with Crippen LogP contribution in [-0.2, 0) is 11.8 Å². The molecular weight excluding hydrogens is 381 g/mol. The summed E-state index contributed by atoms with van der Waals surface area (Å²) < 4.78 is 21.0. The molecular formula is C21H19ClFN3O2. The summed E-state index contributed by atoms with van der Waals surface area (Å²) in [6.45, 7) is 0. The fourth-order valence-corrected chi connectivity index (χ4v) is 3.02. The molecule has 2 aromatic carbocycles. The first-order chi connectivity index (χ1) is 13.5. The summed E-state index contributed by atoms with van der Waals surface area (Å²) >= 11 is 6.00. The zero-order valence-corrected chi connectivity index (χ0v) is 16.2. The first-order valence-corrected chi connectivity index (χ1v) is 8.91. The molecule has 5 nitrogen and oxygen atoms in total. The molecule has 144 valence electrons. The summed E-state index contributed by atoms with van der Waals surface area (Å²) in [5.41, 5.74) is 0.966. The van der Waals surface area contributed by atoms with Crippen molar-refractivity contribution < 1.29 is 13.9 Å². The van der Waals surface area contributed by atoms with E-state index >= 15 is 0 Å². The summed E-state index contributed by atoms with van der Waals surface area (Å²) in [6.07, 6.45) is 6.06. The maximum absolute atomic E-state index is 13.9. The maximum Gasteiger partial charge on any atom is 0.244 e. The van der Waals surface area contributed by atoms with Crippen molar-refractivity contribution in [2.45, 2.75) is 6.04 Å². The van der Waals surface area contributed by atoms with Gasteiger partial charge in [-0.3, -0.25) is 4.79 Å². The van der Waals surface area contributed by atoms with Gasteiger partial charge in [0.2, 0.25) is 5.91 Å². The number of aromatic nitrogens is 2. The van der Waals surface area contributed by atoms with Crippen LogP contribution >= 0.6 is 11.6 Å². The number of nitrogens with one attached hydrogen (secondary N) is 1. The van der Waals surface area contributed by atoms with Gasteiger partial charge in [-0.05, 0) is 35.9 Å². The van der Waals surface area contributed by atoms with Crippen molar-refractivity contribution in [1.29, 1.82) is 0 Å². The van der Waals surface area contributed by atoms with Crippen LogP contribution in [0.1, 0.15) is 23.0 Å². The molecule has 1 amide bonds. The lowest BCUT2D eigenvalue weighted by molar-refractivity contribution is -0.117. The molecule has 0 saturated carbocycles. The molecule has 28 heavy (non-hydrogen) atoms. The third kappa shape index (κ3) is 4.40. The smallest absolute Gasteiger partial charge is 0.244 e. The number of nitrogens with zero attached hydrogens (tertiary/aromatic N) is 2. The lowest BCUT2D eigenvalue weighted by Crippen LogP contribution is -2.29. The number of methoxy groups -OCH3 is 1. The van der Waals surface area contributed by atoms with E-state index in [0.717, 1.165) is 5.56 Å². The summed E-state index contributed by atoms with van der Waals surface area (Å²) in [7, 11) is 3.42. The molecule has 7 heteroatoms. The lowest BCUT2D eigenvalue weighted by Gasteiger charge is -2.19. The molecule has 0 aliphatic heterocycles. The Kier molecular flexibility index (Phi) is 6.11. The van der Waals surface area contributed by atoms with E-state index < -0.39 is 17.8 Å². The van der Waals surface area contributed by atoms with Crippen LogP contribution in [0, 0.1) is 5.82 Å². The summed E-state index contributed by atoms with van der Waals surface area (Å²) in [4.78, 5) is 16.9. The van der Waals surface area contributed by atoms with Gasteiger partial charge in [-0.2, -0.15) is 0 Å². The van der Waals surface area contributed by atoms with Gasteiger partial charge in [0.05, 0.1) is 12.1 Å². The third-order valence-corrected chi connectivity index (χ3v) is 4.56. The van der Waals surface area contributed by atoms with Crippen LogP contribution in [0.2, 0.25) is 5.02 Å². The Hall–Kier alpha value is -3.12. The molecule has 0 aliphatic rings. The topological polar surface area (TPSA) is 56.1 Å². The van der Waals surface area contributed by atoms with Crippen LogP contribution in [-0.4, -0.2) is 22.6 Å². The summed E-state index contributed by atoms with van der Waals surface area (Å²) in [5.74, 6) is 0.415. The van der Waals surface area contributed by atoms with Crippen LogP contribution in [0.5, 0.6) is 5.75 Å². The second-order valence-corrected chi connectivity index (χ2v) is 6.49. The number of carbonyl (C=O) groups is 1. The number of rotatable bonds is 6. The normalized spacial score (nSPS) is 12.1. The Labute approximate surface area is 167 Å². The first-order valence-electron chi connectivity index (χ1n) is 8.53. The Morgan fingerprint density at radius 1 is 1.32 bits per heavy atom. The first kappa shape index (κ1) is 19.6. The monoisotopic (exact) mass is 399 g/mol. The van der Waals surface area contributed by atoms with Crippen LogP contribution in [0.4, 0.5) is 4.39 Å². The van der Waals surface area contributed by atoms with Gasteiger partial charge in [0.1, 0.15) is 23.4 Å². The minimum absolute atomic E-state index is 0.161. The molecule has 0 fully saturated rings. The predicted molar refractivity (Wildman–Crippen MR) is 107 cm³/mol. The van der Waals surface area contributed by atoms with Gasteiger partial charge in [-0.25, -0.2) is 9.37 Å². The number of carbonyl (C=O) groups excluding carboxylic acids is 1. The molecule has 0 unspecified atom stereocenters. The van der Waals surface area contributed by atoms with Crippen molar-refractivity contribution in [3.05, 3.63) is 88.7 Å². The van der Waals surface area contributed by atoms with E-state index in [0.29, 0.717) is 11.6 Å². The van der Waals surface area contributed by atoms with E-state index in [2.05, 4.69) is 10.3 Å². The van der Waals surface area contributed by atoms with Gasteiger partial charge >= 0.3 is 0 Å². The number of aryl methyl sites for hydroxylation is 1. The number of halogens is 2. The van der Waals surface area contributed by atoms with E-state index in [1.807, 2.05) is 35.9 Å². The van der Waals surface area contributed by atoms with Gasteiger partial charge < -0.3 is 14.6 Å². The lowest BCUT2D eigenvalue weighted by atomic mass is 10.1. The molecule has 1 aromatic heterocycles. The van der Waals surface area contributed by atoms with Crippen molar-refractivity contribution in [1.82, 2.24) is 14.9 Å². The quantitative estimate of drug-likeness (QED) is 0.634. The molecule has 3 rings (SSSR count). The molecule has 0 saturated heterocycles. The summed E-state index contributed by atoms with van der Waals surface area (Å²) in [5, 5.41) is 3.14. The number of hydrogen-bond acceptors (Lipinski definition) is 3. The molecule has 0 aliphatic carbocycles. The molecule has 1 atom stereocenters. The van der Waals surface area contributed by atoms with Gasteiger partial charge in [0, 0.05) is 31.1 Å². The number of benzene rings is 2. The largest absolute Gasteiger partial charge is 0.497 e. The highest BCUT2D eigenvalue weighted by Gasteiger charge is 2.20. The number of amides is 1. The van der Waals surface area contributed by atoms with E-state index in [9.17, 15) is 9.18 Å². The Bertz CT molecular complexity index is 996. The Morgan fingerprint density at radius 2 is 2.11 bits per heavy atom. The fraction of sp³-hybridized carbons (Fsp3) is 0.143. The average molecular weight is 400 g/mol. The van der Waals surface area contributed by atoms with Crippen molar-refractivity contribution in [2.75, 3.05) is 7.11 Å². The van der Waals surface area contributed by atoms with E-state index in [1.54, 1.807) is 25.6 Å². The number of imidazole rings is 1. The highest BCUT2D eigenvalue weighted by Crippen LogP contribution is 2.24. The molecule has 1 heterocycles. The second-order valence-electron chi connectivity index (χ2n) is 6.08.